The molecule has 0 fully saturated rings. The predicted molar refractivity (Wildman–Crippen MR) is 84.5 cm³/mol. The van der Waals surface area contributed by atoms with Crippen LogP contribution in [0.2, 0.25) is 0 Å². The normalized spacial score (nSPS) is 11.5. The van der Waals surface area contributed by atoms with Crippen molar-refractivity contribution < 1.29 is 22.7 Å². The monoisotopic (exact) mass is 349 g/mol. The highest BCUT2D eigenvalue weighted by Gasteiger charge is 2.33. The van der Waals surface area contributed by atoms with E-state index in [1.807, 2.05) is 0 Å². The van der Waals surface area contributed by atoms with Gasteiger partial charge in [0.1, 0.15) is 12.4 Å². The second-order valence-corrected chi connectivity index (χ2v) is 5.19. The van der Waals surface area contributed by atoms with Crippen molar-refractivity contribution in [3.05, 3.63) is 66.0 Å². The standard InChI is InChI=1S/C17H14F3N3O2/c18-17(19,20)13-5-1-2-7-15(13)25-10-8-21-16(24)12-11-22-23-9-4-3-6-14(12)23/h1-7,9,11H,8,10H2,(H,21,24). The van der Waals surface area contributed by atoms with Gasteiger partial charge in [-0.2, -0.15) is 18.3 Å². The lowest BCUT2D eigenvalue weighted by Gasteiger charge is -2.13. The number of nitrogens with one attached hydrogen (secondary N) is 1. The fourth-order valence-electron chi connectivity index (χ4n) is 2.36. The predicted octanol–water partition coefficient (Wildman–Crippen LogP) is 3.16. The number of halogens is 3. The lowest BCUT2D eigenvalue weighted by Crippen LogP contribution is -2.28. The molecular weight excluding hydrogens is 335 g/mol. The number of amides is 1. The summed E-state index contributed by atoms with van der Waals surface area (Å²) in [6.45, 7) is -0.0206. The number of ether oxygens (including phenoxy) is 1. The van der Waals surface area contributed by atoms with E-state index in [4.69, 9.17) is 4.74 Å². The Balaban J connectivity index is 1.58. The third-order valence-corrected chi connectivity index (χ3v) is 3.51. The fourth-order valence-corrected chi connectivity index (χ4v) is 2.36. The molecule has 25 heavy (non-hydrogen) atoms. The number of benzene rings is 1. The largest absolute Gasteiger partial charge is 0.491 e. The van der Waals surface area contributed by atoms with Crippen LogP contribution in [-0.4, -0.2) is 28.7 Å². The van der Waals surface area contributed by atoms with Crippen molar-refractivity contribution in [3.63, 3.8) is 0 Å². The number of para-hydroxylation sites is 1. The minimum absolute atomic E-state index is 0.0647. The Morgan fingerprint density at radius 2 is 1.92 bits per heavy atom. The Kier molecular flexibility index (Phi) is 4.60. The summed E-state index contributed by atoms with van der Waals surface area (Å²) in [5.41, 5.74) is 0.184. The number of fused-ring (bicyclic) bond motifs is 1. The second-order valence-electron chi connectivity index (χ2n) is 5.19. The molecule has 0 aliphatic rings. The first kappa shape index (κ1) is 16.8. The summed E-state index contributed by atoms with van der Waals surface area (Å²) in [6, 6.07) is 10.3. The van der Waals surface area contributed by atoms with Gasteiger partial charge in [0.15, 0.2) is 0 Å². The average Bonchev–Trinajstić information content (AvgIpc) is 3.02. The van der Waals surface area contributed by atoms with Crippen molar-refractivity contribution in [3.8, 4) is 5.75 Å². The van der Waals surface area contributed by atoms with Crippen LogP contribution in [0.15, 0.2) is 54.9 Å². The molecule has 0 atom stereocenters. The van der Waals surface area contributed by atoms with Crippen molar-refractivity contribution in [2.45, 2.75) is 6.18 Å². The fraction of sp³-hybridized carbons (Fsp3) is 0.176. The quantitative estimate of drug-likeness (QED) is 0.720. The summed E-state index contributed by atoms with van der Waals surface area (Å²) in [5, 5.41) is 6.66. The Morgan fingerprint density at radius 1 is 1.16 bits per heavy atom. The number of carbonyl (C=O) groups excluding carboxylic acids is 1. The molecule has 0 saturated heterocycles. The highest BCUT2D eigenvalue weighted by atomic mass is 19.4. The number of aromatic nitrogens is 2. The molecule has 2 aromatic heterocycles. The van der Waals surface area contributed by atoms with Gasteiger partial charge in [-0.3, -0.25) is 4.79 Å². The molecule has 0 spiro atoms. The van der Waals surface area contributed by atoms with Crippen LogP contribution in [-0.2, 0) is 6.18 Å². The molecule has 0 aliphatic carbocycles. The smallest absolute Gasteiger partial charge is 0.419 e. The van der Waals surface area contributed by atoms with Crippen molar-refractivity contribution in [2.75, 3.05) is 13.2 Å². The zero-order valence-electron chi connectivity index (χ0n) is 13.0. The molecule has 1 N–H and O–H groups in total. The number of alkyl halides is 3. The summed E-state index contributed by atoms with van der Waals surface area (Å²) in [5.74, 6) is -0.630. The molecule has 2 heterocycles. The van der Waals surface area contributed by atoms with Crippen molar-refractivity contribution in [1.82, 2.24) is 14.9 Å². The van der Waals surface area contributed by atoms with Gasteiger partial charge >= 0.3 is 6.18 Å². The van der Waals surface area contributed by atoms with Crippen LogP contribution in [0.5, 0.6) is 5.75 Å². The molecule has 1 aromatic carbocycles. The van der Waals surface area contributed by atoms with Crippen LogP contribution in [0.1, 0.15) is 15.9 Å². The van der Waals surface area contributed by atoms with Crippen molar-refractivity contribution >= 4 is 11.4 Å². The number of hydrogen-bond donors (Lipinski definition) is 1. The van der Waals surface area contributed by atoms with Gasteiger partial charge in [-0.05, 0) is 24.3 Å². The van der Waals surface area contributed by atoms with Crippen LogP contribution in [0, 0.1) is 0 Å². The number of carbonyl (C=O) groups is 1. The Hall–Kier alpha value is -3.03. The zero-order chi connectivity index (χ0) is 17.9. The molecule has 0 bridgehead atoms. The minimum Gasteiger partial charge on any atom is -0.491 e. The lowest BCUT2D eigenvalue weighted by atomic mass is 10.2. The summed E-state index contributed by atoms with van der Waals surface area (Å²) < 4.78 is 45.3. The van der Waals surface area contributed by atoms with E-state index in [-0.39, 0.29) is 24.8 Å². The van der Waals surface area contributed by atoms with Gasteiger partial charge in [-0.1, -0.05) is 18.2 Å². The summed E-state index contributed by atoms with van der Waals surface area (Å²) in [7, 11) is 0. The van der Waals surface area contributed by atoms with Gasteiger partial charge in [0.25, 0.3) is 5.91 Å². The number of nitrogens with zero attached hydrogens (tertiary/aromatic N) is 2. The first-order valence-electron chi connectivity index (χ1n) is 7.46. The van der Waals surface area contributed by atoms with Crippen LogP contribution in [0.3, 0.4) is 0 Å². The van der Waals surface area contributed by atoms with E-state index in [1.165, 1.54) is 24.4 Å². The molecule has 0 saturated carbocycles. The maximum atomic E-state index is 12.9. The molecule has 8 heteroatoms. The van der Waals surface area contributed by atoms with Gasteiger partial charge in [0.2, 0.25) is 0 Å². The van der Waals surface area contributed by atoms with E-state index in [0.29, 0.717) is 11.1 Å². The zero-order valence-corrected chi connectivity index (χ0v) is 13.0. The number of hydrogen-bond acceptors (Lipinski definition) is 3. The highest BCUT2D eigenvalue weighted by Crippen LogP contribution is 2.35. The molecule has 1 amide bonds. The molecular formula is C17H14F3N3O2. The summed E-state index contributed by atoms with van der Waals surface area (Å²) in [4.78, 5) is 12.2. The van der Waals surface area contributed by atoms with E-state index in [9.17, 15) is 18.0 Å². The Labute approximate surface area is 141 Å². The van der Waals surface area contributed by atoms with E-state index >= 15 is 0 Å². The van der Waals surface area contributed by atoms with Gasteiger partial charge < -0.3 is 10.1 Å². The first-order chi connectivity index (χ1) is 12.0. The van der Waals surface area contributed by atoms with Gasteiger partial charge in [0.05, 0.1) is 29.4 Å². The number of pyridine rings is 1. The molecule has 3 rings (SSSR count). The molecule has 0 aliphatic heterocycles. The third-order valence-electron chi connectivity index (χ3n) is 3.51. The molecule has 130 valence electrons. The van der Waals surface area contributed by atoms with Crippen LogP contribution < -0.4 is 10.1 Å². The van der Waals surface area contributed by atoms with Crippen molar-refractivity contribution in [2.24, 2.45) is 0 Å². The van der Waals surface area contributed by atoms with E-state index in [0.717, 1.165) is 6.07 Å². The average molecular weight is 349 g/mol. The van der Waals surface area contributed by atoms with Crippen LogP contribution in [0.25, 0.3) is 5.52 Å². The van der Waals surface area contributed by atoms with E-state index < -0.39 is 11.7 Å². The minimum atomic E-state index is -4.49. The summed E-state index contributed by atoms with van der Waals surface area (Å²) in [6.07, 6.45) is -1.34. The number of rotatable bonds is 5. The molecule has 0 radical (unpaired) electrons. The van der Waals surface area contributed by atoms with E-state index in [1.54, 1.807) is 28.9 Å². The van der Waals surface area contributed by atoms with Gasteiger partial charge in [0, 0.05) is 6.20 Å². The third kappa shape index (κ3) is 3.73. The van der Waals surface area contributed by atoms with Crippen LogP contribution >= 0.6 is 0 Å². The van der Waals surface area contributed by atoms with Crippen LogP contribution in [0.4, 0.5) is 13.2 Å². The summed E-state index contributed by atoms with van der Waals surface area (Å²) >= 11 is 0. The highest BCUT2D eigenvalue weighted by molar-refractivity contribution is 6.00. The lowest BCUT2D eigenvalue weighted by molar-refractivity contribution is -0.138. The van der Waals surface area contributed by atoms with Crippen molar-refractivity contribution in [1.29, 1.82) is 0 Å². The Bertz CT molecular complexity index is 890. The molecule has 3 aromatic rings. The van der Waals surface area contributed by atoms with Gasteiger partial charge in [-0.15, -0.1) is 0 Å². The molecule has 5 nitrogen and oxygen atoms in total. The first-order valence-corrected chi connectivity index (χ1v) is 7.46. The maximum Gasteiger partial charge on any atom is 0.419 e. The molecule has 0 unspecified atom stereocenters. The topological polar surface area (TPSA) is 55.6 Å². The van der Waals surface area contributed by atoms with Gasteiger partial charge in [-0.25, -0.2) is 4.52 Å². The maximum absolute atomic E-state index is 12.9. The van der Waals surface area contributed by atoms with E-state index in [2.05, 4.69) is 10.4 Å². The SMILES string of the molecule is O=C(NCCOc1ccccc1C(F)(F)F)c1cnn2ccccc12. The second kappa shape index (κ2) is 6.84. The Morgan fingerprint density at radius 3 is 2.72 bits per heavy atom.